The molecule has 51 heavy (non-hydrogen) atoms. The Kier molecular flexibility index (Phi) is 9.12. The molecule has 0 spiro atoms. The molecular weight excluding hydrogens is 644 g/mol. The minimum atomic E-state index is -0.478. The number of carbonyl (C=O) groups excluding carboxylic acids is 1. The van der Waals surface area contributed by atoms with Gasteiger partial charge in [0.25, 0.3) is 0 Å². The molecule has 1 unspecified atom stereocenters. The SMILES string of the molecule is CC/C(C)=C/COC(=O)CC[C@@H]1c2nc(cc3[nH]c(cc4nc(cc5[nH]c6c2[C@@H](C2O[O+]2C)C(O)=c6c5C)[C@H](CC)[C@H]4C)c(=C(C)O)c3C)[C@H]1C. The molecule has 10 heteroatoms. The summed E-state index contributed by atoms with van der Waals surface area (Å²) in [7, 11) is 1.79. The number of hydrogen-bond acceptors (Lipinski definition) is 7. The summed E-state index contributed by atoms with van der Waals surface area (Å²) in [6, 6.07) is 6.27. The third-order valence-electron chi connectivity index (χ3n) is 11.8. The zero-order valence-electron chi connectivity index (χ0n) is 31.2. The molecule has 6 heterocycles. The normalized spacial score (nSPS) is 25.0. The van der Waals surface area contributed by atoms with E-state index < -0.39 is 12.2 Å². The summed E-state index contributed by atoms with van der Waals surface area (Å²) in [6.45, 7) is 16.7. The van der Waals surface area contributed by atoms with Gasteiger partial charge in [-0.15, -0.1) is 0 Å². The van der Waals surface area contributed by atoms with E-state index in [0.29, 0.717) is 6.42 Å². The van der Waals surface area contributed by atoms with Gasteiger partial charge in [0.2, 0.25) is 0 Å². The van der Waals surface area contributed by atoms with E-state index in [4.69, 9.17) is 19.6 Å². The summed E-state index contributed by atoms with van der Waals surface area (Å²) < 4.78 is 8.26. The number of aliphatic hydroxyl groups is 2. The number of ether oxygens (including phenoxy) is 1. The summed E-state index contributed by atoms with van der Waals surface area (Å²) in [5, 5.41) is 24.4. The smallest absolute Gasteiger partial charge is 0.384 e. The maximum absolute atomic E-state index is 13.1. The Morgan fingerprint density at radius 2 is 1.63 bits per heavy atom. The molecule has 8 bridgehead atoms. The van der Waals surface area contributed by atoms with Gasteiger partial charge in [0.1, 0.15) is 12.4 Å². The fourth-order valence-corrected chi connectivity index (χ4v) is 8.46. The van der Waals surface area contributed by atoms with E-state index in [0.717, 1.165) is 84.8 Å². The van der Waals surface area contributed by atoms with Crippen LogP contribution in [0.1, 0.15) is 136 Å². The number of esters is 1. The molecule has 270 valence electrons. The number of hydrogen-bond donors (Lipinski definition) is 4. The molecular formula is C41H51N4O6+. The topological polar surface area (TPSA) is 139 Å². The Bertz CT molecular complexity index is 2240. The minimum absolute atomic E-state index is 0.0586. The van der Waals surface area contributed by atoms with Crippen LogP contribution in [0.15, 0.2) is 29.8 Å². The number of nitrogens with zero attached hydrogens (tertiary/aromatic N) is 2. The van der Waals surface area contributed by atoms with Crippen molar-refractivity contribution >= 4 is 39.6 Å². The lowest BCUT2D eigenvalue weighted by molar-refractivity contribution is -0.142. The van der Waals surface area contributed by atoms with Crippen LogP contribution < -0.4 is 10.4 Å². The van der Waals surface area contributed by atoms with Gasteiger partial charge < -0.3 is 24.9 Å². The van der Waals surface area contributed by atoms with E-state index in [2.05, 4.69) is 60.4 Å². The molecule has 0 saturated carbocycles. The highest BCUT2D eigenvalue weighted by atomic mass is 17.5. The van der Waals surface area contributed by atoms with E-state index in [1.165, 1.54) is 5.57 Å². The van der Waals surface area contributed by atoms with Crippen molar-refractivity contribution < 1.29 is 29.1 Å². The van der Waals surface area contributed by atoms with Crippen molar-refractivity contribution in [2.24, 2.45) is 0 Å². The maximum atomic E-state index is 13.1. The number of aliphatic hydroxyl groups excluding tert-OH is 2. The van der Waals surface area contributed by atoms with Crippen LogP contribution in [0.3, 0.4) is 0 Å². The number of aryl methyl sites for hydroxylation is 2. The number of carbonyl (C=O) groups is 1. The van der Waals surface area contributed by atoms with Crippen molar-refractivity contribution in [3.63, 3.8) is 0 Å². The molecule has 1 aliphatic carbocycles. The molecule has 0 aromatic carbocycles. The Morgan fingerprint density at radius 1 is 0.980 bits per heavy atom. The van der Waals surface area contributed by atoms with Gasteiger partial charge in [-0.25, -0.2) is 4.52 Å². The van der Waals surface area contributed by atoms with Crippen molar-refractivity contribution in [2.45, 2.75) is 117 Å². The van der Waals surface area contributed by atoms with Crippen molar-refractivity contribution in [1.29, 1.82) is 0 Å². The Morgan fingerprint density at radius 3 is 2.29 bits per heavy atom. The molecule has 10 nitrogen and oxygen atoms in total. The van der Waals surface area contributed by atoms with E-state index >= 15 is 0 Å². The summed E-state index contributed by atoms with van der Waals surface area (Å²) in [4.78, 5) is 36.7. The first-order valence-corrected chi connectivity index (χ1v) is 18.3. The summed E-state index contributed by atoms with van der Waals surface area (Å²) >= 11 is 0. The molecule has 7 rings (SSSR count). The van der Waals surface area contributed by atoms with Crippen LogP contribution in [0, 0.1) is 13.8 Å². The summed E-state index contributed by atoms with van der Waals surface area (Å²) in [5.74, 6) is -0.0661. The van der Waals surface area contributed by atoms with E-state index in [1.54, 1.807) is 14.0 Å². The molecule has 3 aromatic rings. The summed E-state index contributed by atoms with van der Waals surface area (Å²) in [6.07, 6.45) is 4.12. The van der Waals surface area contributed by atoms with Crippen LogP contribution >= 0.6 is 0 Å². The first-order valence-electron chi connectivity index (χ1n) is 18.3. The van der Waals surface area contributed by atoms with Gasteiger partial charge in [0, 0.05) is 74.2 Å². The van der Waals surface area contributed by atoms with Crippen LogP contribution in [0.4, 0.5) is 0 Å². The lowest BCUT2D eigenvalue weighted by atomic mass is 9.84. The first kappa shape index (κ1) is 35.0. The quantitative estimate of drug-likeness (QED) is 0.0623. The number of H-pyrrole nitrogens is 2. The molecule has 1 saturated heterocycles. The molecule has 4 aliphatic rings. The highest BCUT2D eigenvalue weighted by molar-refractivity contribution is 5.82. The average molecular weight is 696 g/mol. The predicted molar refractivity (Wildman–Crippen MR) is 199 cm³/mol. The van der Waals surface area contributed by atoms with Crippen LogP contribution in [0.25, 0.3) is 33.6 Å². The number of aromatic amines is 2. The third-order valence-corrected chi connectivity index (χ3v) is 11.8. The van der Waals surface area contributed by atoms with Crippen LogP contribution in [-0.4, -0.2) is 56.1 Å². The lowest BCUT2D eigenvalue weighted by Gasteiger charge is -2.18. The second kappa shape index (κ2) is 13.3. The van der Waals surface area contributed by atoms with Gasteiger partial charge in [0.15, 0.2) is 13.0 Å². The van der Waals surface area contributed by atoms with Crippen molar-refractivity contribution in [2.75, 3.05) is 13.7 Å². The van der Waals surface area contributed by atoms with Gasteiger partial charge in [-0.2, -0.15) is 0 Å². The molecule has 3 aromatic heterocycles. The van der Waals surface area contributed by atoms with Gasteiger partial charge >= 0.3 is 12.3 Å². The Hall–Kier alpha value is -4.41. The second-order valence-corrected chi connectivity index (χ2v) is 14.8. The zero-order valence-corrected chi connectivity index (χ0v) is 31.2. The molecule has 0 radical (unpaired) electrons. The molecule has 0 amide bonds. The van der Waals surface area contributed by atoms with Crippen molar-refractivity contribution in [1.82, 2.24) is 19.9 Å². The monoisotopic (exact) mass is 695 g/mol. The molecule has 1 fully saturated rings. The zero-order chi connectivity index (χ0) is 36.5. The highest BCUT2D eigenvalue weighted by Crippen LogP contribution is 2.50. The lowest BCUT2D eigenvalue weighted by Crippen LogP contribution is -2.14. The number of rotatable bonds is 8. The van der Waals surface area contributed by atoms with Crippen molar-refractivity contribution in [3.8, 4) is 0 Å². The van der Waals surface area contributed by atoms with Crippen molar-refractivity contribution in [3.05, 3.63) is 79.8 Å². The molecule has 3 aliphatic heterocycles. The molecule has 4 N–H and O–H groups in total. The number of aromatic nitrogens is 4. The average Bonchev–Trinajstić information content (AvgIpc) is 3.33. The number of allylic oxidation sites excluding steroid dienone is 1. The highest BCUT2D eigenvalue weighted by Gasteiger charge is 2.58. The Balaban J connectivity index is 1.50. The van der Waals surface area contributed by atoms with E-state index in [1.807, 2.05) is 26.8 Å². The standard InChI is InChI=1S/C41H50N4O6/c1-10-19(3)14-15-49-33(47)13-12-26-21(5)28-16-29-22(6)34(24(8)46)32(43-29)18-27-20(4)25(11-2)31(42-27)17-30-23(7)35-39(45-30)36(38(26)44-28)37(40(35)48)41-50-51(41)9/h14,16-18,20-21,25-26,37,41H,10-13,15H2,1-9H3,(H3-,42,43,44,45,46,48)/p+1/b19-14+,28-16?,31-17?/t20-,21+,25-,26+,37-,41?/m1/s1. The van der Waals surface area contributed by atoms with E-state index in [-0.39, 0.29) is 54.2 Å². The van der Waals surface area contributed by atoms with E-state index in [9.17, 15) is 15.0 Å². The van der Waals surface area contributed by atoms with Crippen LogP contribution in [0.5, 0.6) is 0 Å². The predicted octanol–water partition coefficient (Wildman–Crippen LogP) is 7.70. The second-order valence-electron chi connectivity index (χ2n) is 14.8. The summed E-state index contributed by atoms with van der Waals surface area (Å²) in [5.41, 5.74) is 11.0. The Labute approximate surface area is 298 Å². The largest absolute Gasteiger partial charge is 0.512 e. The van der Waals surface area contributed by atoms with Gasteiger partial charge in [0.05, 0.1) is 22.5 Å². The first-order chi connectivity index (χ1) is 24.3. The third kappa shape index (κ3) is 5.96. The fourth-order valence-electron chi connectivity index (χ4n) is 8.46. The fraction of sp³-hybridized carbons (Fsp3) is 0.488. The number of fused-ring (bicyclic) bond motifs is 8. The van der Waals surface area contributed by atoms with Gasteiger partial charge in [-0.05, 0) is 87.2 Å². The minimum Gasteiger partial charge on any atom is -0.512 e. The van der Waals surface area contributed by atoms with Crippen LogP contribution in [0.2, 0.25) is 0 Å². The van der Waals surface area contributed by atoms with Gasteiger partial charge in [-0.1, -0.05) is 33.3 Å². The van der Waals surface area contributed by atoms with Crippen LogP contribution in [-0.2, 0) is 18.9 Å². The maximum Gasteiger partial charge on any atom is 0.384 e. The number of nitrogens with one attached hydrogen (secondary N) is 2. The van der Waals surface area contributed by atoms with Gasteiger partial charge in [-0.3, -0.25) is 14.8 Å². The molecule has 6 atom stereocenters.